The second kappa shape index (κ2) is 7.11. The summed E-state index contributed by atoms with van der Waals surface area (Å²) < 4.78 is 26.9. The molecule has 1 aliphatic rings. The Hall–Kier alpha value is -1.04. The summed E-state index contributed by atoms with van der Waals surface area (Å²) in [6.07, 6.45) is 0.794. The molecule has 0 bridgehead atoms. The molecule has 0 aromatic heterocycles. The molecule has 1 heterocycles. The molecule has 0 unspecified atom stereocenters. The Balaban J connectivity index is 2.05. The van der Waals surface area contributed by atoms with Crippen molar-refractivity contribution in [2.75, 3.05) is 39.3 Å². The highest BCUT2D eigenvalue weighted by atomic mass is 19.1. The van der Waals surface area contributed by atoms with E-state index >= 15 is 0 Å². The number of β-amino-alcohol motifs (C(OH)–C–C–N with tert-alkyl or cyclic N) is 1. The Morgan fingerprint density at radius 1 is 1.20 bits per heavy atom. The van der Waals surface area contributed by atoms with Crippen LogP contribution >= 0.6 is 0 Å². The number of benzene rings is 1. The molecule has 3 nitrogen and oxygen atoms in total. The van der Waals surface area contributed by atoms with E-state index in [0.717, 1.165) is 38.7 Å². The standard InChI is InChI=1S/C15H22F2N2O/c1-2-15(13-4-3-12(16)11-14(13)17)19-7-5-18(6-8-19)9-10-20/h3-4,11,15,20H,2,5-10H2,1H3/t15-/m1/s1. The maximum Gasteiger partial charge on any atom is 0.130 e. The molecule has 0 aliphatic carbocycles. The quantitative estimate of drug-likeness (QED) is 0.896. The van der Waals surface area contributed by atoms with Crippen molar-refractivity contribution in [1.82, 2.24) is 9.80 Å². The topological polar surface area (TPSA) is 26.7 Å². The lowest BCUT2D eigenvalue weighted by atomic mass is 10.0. The van der Waals surface area contributed by atoms with Crippen LogP contribution in [0.1, 0.15) is 24.9 Å². The highest BCUT2D eigenvalue weighted by molar-refractivity contribution is 5.22. The average Bonchev–Trinajstić information content (AvgIpc) is 2.44. The average molecular weight is 284 g/mol. The van der Waals surface area contributed by atoms with Crippen LogP contribution in [0.4, 0.5) is 8.78 Å². The predicted molar refractivity (Wildman–Crippen MR) is 74.5 cm³/mol. The highest BCUT2D eigenvalue weighted by Gasteiger charge is 2.25. The molecule has 1 aromatic carbocycles. The number of piperazine rings is 1. The normalized spacial score (nSPS) is 19.2. The van der Waals surface area contributed by atoms with Crippen LogP contribution in [-0.2, 0) is 0 Å². The molecule has 112 valence electrons. The van der Waals surface area contributed by atoms with Gasteiger partial charge in [-0.05, 0) is 12.5 Å². The summed E-state index contributed by atoms with van der Waals surface area (Å²) in [4.78, 5) is 4.44. The van der Waals surface area contributed by atoms with E-state index < -0.39 is 11.6 Å². The first-order chi connectivity index (χ1) is 9.65. The summed E-state index contributed by atoms with van der Waals surface area (Å²) in [7, 11) is 0. The Kier molecular flexibility index (Phi) is 5.46. The van der Waals surface area contributed by atoms with Crippen molar-refractivity contribution in [3.63, 3.8) is 0 Å². The smallest absolute Gasteiger partial charge is 0.130 e. The number of aliphatic hydroxyl groups is 1. The molecule has 2 rings (SSSR count). The van der Waals surface area contributed by atoms with Crippen molar-refractivity contribution >= 4 is 0 Å². The highest BCUT2D eigenvalue weighted by Crippen LogP contribution is 2.27. The number of halogens is 2. The molecule has 1 saturated heterocycles. The molecule has 0 saturated carbocycles. The van der Waals surface area contributed by atoms with E-state index in [1.165, 1.54) is 6.07 Å². The van der Waals surface area contributed by atoms with Crippen LogP contribution in [0, 0.1) is 11.6 Å². The van der Waals surface area contributed by atoms with E-state index in [0.29, 0.717) is 12.1 Å². The van der Waals surface area contributed by atoms with Gasteiger partial charge in [-0.3, -0.25) is 9.80 Å². The minimum atomic E-state index is -0.533. The zero-order valence-corrected chi connectivity index (χ0v) is 11.9. The van der Waals surface area contributed by atoms with Gasteiger partial charge >= 0.3 is 0 Å². The molecule has 1 atom stereocenters. The summed E-state index contributed by atoms with van der Waals surface area (Å²) in [6.45, 7) is 6.32. The van der Waals surface area contributed by atoms with Crippen LogP contribution in [0.3, 0.4) is 0 Å². The second-order valence-electron chi connectivity index (χ2n) is 5.19. The molecule has 1 aliphatic heterocycles. The Labute approximate surface area is 118 Å². The van der Waals surface area contributed by atoms with Gasteiger partial charge in [0.1, 0.15) is 11.6 Å². The molecule has 20 heavy (non-hydrogen) atoms. The van der Waals surface area contributed by atoms with E-state index in [9.17, 15) is 8.78 Å². The third-order valence-corrected chi connectivity index (χ3v) is 3.97. The van der Waals surface area contributed by atoms with Crippen molar-refractivity contribution in [3.05, 3.63) is 35.4 Å². The number of hydrogen-bond acceptors (Lipinski definition) is 3. The van der Waals surface area contributed by atoms with Crippen LogP contribution in [0.15, 0.2) is 18.2 Å². The van der Waals surface area contributed by atoms with Gasteiger partial charge in [0.15, 0.2) is 0 Å². The van der Waals surface area contributed by atoms with E-state index in [2.05, 4.69) is 9.80 Å². The van der Waals surface area contributed by atoms with Crippen LogP contribution in [0.25, 0.3) is 0 Å². The molecule has 5 heteroatoms. The second-order valence-corrected chi connectivity index (χ2v) is 5.19. The maximum atomic E-state index is 13.9. The molecule has 1 N–H and O–H groups in total. The van der Waals surface area contributed by atoms with E-state index in [1.54, 1.807) is 6.07 Å². The van der Waals surface area contributed by atoms with Crippen LogP contribution in [0.2, 0.25) is 0 Å². The van der Waals surface area contributed by atoms with E-state index in [-0.39, 0.29) is 12.6 Å². The number of nitrogens with zero attached hydrogens (tertiary/aromatic N) is 2. The van der Waals surface area contributed by atoms with Crippen LogP contribution in [-0.4, -0.2) is 54.2 Å². The Morgan fingerprint density at radius 2 is 1.90 bits per heavy atom. The van der Waals surface area contributed by atoms with Gasteiger partial charge in [0.2, 0.25) is 0 Å². The summed E-state index contributed by atoms with van der Waals surface area (Å²) >= 11 is 0. The molecule has 0 amide bonds. The van der Waals surface area contributed by atoms with Gasteiger partial charge in [0.05, 0.1) is 6.61 Å². The molecule has 0 radical (unpaired) electrons. The Morgan fingerprint density at radius 3 is 2.45 bits per heavy atom. The lowest BCUT2D eigenvalue weighted by Gasteiger charge is -2.39. The van der Waals surface area contributed by atoms with Crippen LogP contribution < -0.4 is 0 Å². The fraction of sp³-hybridized carbons (Fsp3) is 0.600. The summed E-state index contributed by atoms with van der Waals surface area (Å²) in [5.41, 5.74) is 0.574. The van der Waals surface area contributed by atoms with Gasteiger partial charge < -0.3 is 5.11 Å². The van der Waals surface area contributed by atoms with Gasteiger partial charge in [0.25, 0.3) is 0 Å². The van der Waals surface area contributed by atoms with Gasteiger partial charge in [0, 0.05) is 50.4 Å². The third kappa shape index (κ3) is 3.53. The van der Waals surface area contributed by atoms with Gasteiger partial charge in [-0.15, -0.1) is 0 Å². The molecule has 0 spiro atoms. The lowest BCUT2D eigenvalue weighted by molar-refractivity contribution is 0.0806. The Bertz CT molecular complexity index is 434. The fourth-order valence-corrected chi connectivity index (χ4v) is 2.89. The first kappa shape index (κ1) is 15.4. The minimum Gasteiger partial charge on any atom is -0.395 e. The number of rotatable bonds is 5. The minimum absolute atomic E-state index is 0.00752. The van der Waals surface area contributed by atoms with Crippen molar-refractivity contribution < 1.29 is 13.9 Å². The zero-order valence-electron chi connectivity index (χ0n) is 11.9. The first-order valence-electron chi connectivity index (χ1n) is 7.18. The predicted octanol–water partition coefficient (Wildman–Crippen LogP) is 2.03. The molecular weight excluding hydrogens is 262 g/mol. The zero-order chi connectivity index (χ0) is 14.5. The summed E-state index contributed by atoms with van der Waals surface area (Å²) in [6, 6.07) is 3.83. The summed E-state index contributed by atoms with van der Waals surface area (Å²) in [5, 5.41) is 8.94. The van der Waals surface area contributed by atoms with Crippen molar-refractivity contribution in [3.8, 4) is 0 Å². The summed E-state index contributed by atoms with van der Waals surface area (Å²) in [5.74, 6) is -0.997. The molecular formula is C15H22F2N2O. The first-order valence-corrected chi connectivity index (χ1v) is 7.18. The third-order valence-electron chi connectivity index (χ3n) is 3.97. The SMILES string of the molecule is CC[C@H](c1ccc(F)cc1F)N1CCN(CCO)CC1. The van der Waals surface area contributed by atoms with Gasteiger partial charge in [-0.1, -0.05) is 13.0 Å². The van der Waals surface area contributed by atoms with Crippen molar-refractivity contribution in [1.29, 1.82) is 0 Å². The maximum absolute atomic E-state index is 13.9. The van der Waals surface area contributed by atoms with Crippen molar-refractivity contribution in [2.24, 2.45) is 0 Å². The van der Waals surface area contributed by atoms with Gasteiger partial charge in [-0.2, -0.15) is 0 Å². The number of hydrogen-bond donors (Lipinski definition) is 1. The fourth-order valence-electron chi connectivity index (χ4n) is 2.89. The largest absolute Gasteiger partial charge is 0.395 e. The lowest BCUT2D eigenvalue weighted by Crippen LogP contribution is -2.48. The van der Waals surface area contributed by atoms with Crippen LogP contribution in [0.5, 0.6) is 0 Å². The number of aliphatic hydroxyl groups excluding tert-OH is 1. The van der Waals surface area contributed by atoms with E-state index in [4.69, 9.17) is 5.11 Å². The van der Waals surface area contributed by atoms with E-state index in [1.807, 2.05) is 6.92 Å². The van der Waals surface area contributed by atoms with Crippen molar-refractivity contribution in [2.45, 2.75) is 19.4 Å². The monoisotopic (exact) mass is 284 g/mol. The molecule has 1 fully saturated rings. The molecule has 1 aromatic rings. The van der Waals surface area contributed by atoms with Gasteiger partial charge in [-0.25, -0.2) is 8.78 Å².